The summed E-state index contributed by atoms with van der Waals surface area (Å²) in [4.78, 5) is 26.1. The van der Waals surface area contributed by atoms with E-state index in [1.807, 2.05) is 12.1 Å². The van der Waals surface area contributed by atoms with Crippen LogP contribution in [0.2, 0.25) is 0 Å². The van der Waals surface area contributed by atoms with E-state index in [0.29, 0.717) is 40.9 Å². The van der Waals surface area contributed by atoms with Crippen LogP contribution in [0.15, 0.2) is 64.0 Å². The maximum absolute atomic E-state index is 13.6. The standard InChI is InChI=1S/C30H28O8/c1-16(2)14-36-23-10-7-18(11-24(23)35-4)20-12-26(32)38-25-13-22(31)28-29(33)21(15-37-30(28)27(20)25)17-5-8-19(34-3)9-6-17/h5-11,13,15-16,20,31H,12,14H2,1-4H3/t20-/m0/s1. The molecule has 1 aliphatic heterocycles. The number of carbonyl (C=O) groups excluding carboxylic acids is 1. The van der Waals surface area contributed by atoms with E-state index in [4.69, 9.17) is 23.4 Å². The number of benzene rings is 3. The Morgan fingerprint density at radius 3 is 2.45 bits per heavy atom. The first-order chi connectivity index (χ1) is 18.3. The lowest BCUT2D eigenvalue weighted by molar-refractivity contribution is -0.135. The van der Waals surface area contributed by atoms with E-state index in [9.17, 15) is 14.7 Å². The average Bonchev–Trinajstić information content (AvgIpc) is 2.91. The van der Waals surface area contributed by atoms with Crippen LogP contribution >= 0.6 is 0 Å². The van der Waals surface area contributed by atoms with E-state index in [0.717, 1.165) is 5.56 Å². The van der Waals surface area contributed by atoms with Crippen molar-refractivity contribution in [3.8, 4) is 39.9 Å². The third-order valence-electron chi connectivity index (χ3n) is 6.53. The maximum atomic E-state index is 13.6. The van der Waals surface area contributed by atoms with Gasteiger partial charge in [-0.05, 0) is 41.3 Å². The van der Waals surface area contributed by atoms with Crippen LogP contribution in [0.3, 0.4) is 0 Å². The predicted molar refractivity (Wildman–Crippen MR) is 142 cm³/mol. The van der Waals surface area contributed by atoms with Crippen LogP contribution in [-0.2, 0) is 4.79 Å². The Hall–Kier alpha value is -4.46. The SMILES string of the molecule is COc1ccc(-c2coc3c4c(cc(O)c3c2=O)OC(=O)C[C@H]4c2ccc(OCC(C)C)c(OC)c2)cc1. The second-order valence-electron chi connectivity index (χ2n) is 9.56. The minimum atomic E-state index is -0.502. The fourth-order valence-corrected chi connectivity index (χ4v) is 4.66. The number of phenols is 1. The molecular formula is C30H28O8. The molecule has 0 unspecified atom stereocenters. The Kier molecular flexibility index (Phi) is 6.72. The van der Waals surface area contributed by atoms with Gasteiger partial charge in [0.05, 0.1) is 32.8 Å². The Labute approximate surface area is 219 Å². The van der Waals surface area contributed by atoms with Crippen LogP contribution in [0.1, 0.15) is 37.3 Å². The molecule has 3 aromatic carbocycles. The second-order valence-corrected chi connectivity index (χ2v) is 9.56. The van der Waals surface area contributed by atoms with E-state index in [2.05, 4.69) is 13.8 Å². The van der Waals surface area contributed by atoms with Gasteiger partial charge in [-0.1, -0.05) is 32.0 Å². The quantitative estimate of drug-likeness (QED) is 0.248. The van der Waals surface area contributed by atoms with E-state index in [1.54, 1.807) is 44.6 Å². The molecule has 0 fully saturated rings. The first-order valence-electron chi connectivity index (χ1n) is 12.3. The van der Waals surface area contributed by atoms with Crippen LogP contribution < -0.4 is 24.4 Å². The molecule has 5 rings (SSSR count). The molecule has 1 atom stereocenters. The summed E-state index contributed by atoms with van der Waals surface area (Å²) >= 11 is 0. The summed E-state index contributed by atoms with van der Waals surface area (Å²) in [5, 5.41) is 10.8. The molecule has 0 saturated carbocycles. The molecule has 0 amide bonds. The fraction of sp³-hybridized carbons (Fsp3) is 0.267. The van der Waals surface area contributed by atoms with Crippen molar-refractivity contribution in [2.75, 3.05) is 20.8 Å². The lowest BCUT2D eigenvalue weighted by atomic mass is 9.84. The molecule has 4 aromatic rings. The Bertz CT molecular complexity index is 1570. The zero-order valence-corrected chi connectivity index (χ0v) is 21.6. The van der Waals surface area contributed by atoms with Crippen molar-refractivity contribution in [2.45, 2.75) is 26.2 Å². The largest absolute Gasteiger partial charge is 0.507 e. The zero-order chi connectivity index (χ0) is 27.0. The normalized spacial score (nSPS) is 14.8. The molecule has 0 bridgehead atoms. The summed E-state index contributed by atoms with van der Waals surface area (Å²) in [6.07, 6.45) is 1.38. The lowest BCUT2D eigenvalue weighted by Crippen LogP contribution is -2.22. The van der Waals surface area contributed by atoms with Gasteiger partial charge in [-0.3, -0.25) is 9.59 Å². The van der Waals surface area contributed by atoms with Crippen molar-refractivity contribution in [3.63, 3.8) is 0 Å². The van der Waals surface area contributed by atoms with E-state index in [1.165, 1.54) is 12.3 Å². The molecule has 0 saturated heterocycles. The lowest BCUT2D eigenvalue weighted by Gasteiger charge is -2.26. The topological polar surface area (TPSA) is 104 Å². The van der Waals surface area contributed by atoms with Gasteiger partial charge in [0, 0.05) is 17.5 Å². The van der Waals surface area contributed by atoms with Gasteiger partial charge >= 0.3 is 5.97 Å². The molecule has 0 spiro atoms. The van der Waals surface area contributed by atoms with Crippen LogP contribution in [0, 0.1) is 5.92 Å². The monoisotopic (exact) mass is 516 g/mol. The Balaban J connectivity index is 1.65. The van der Waals surface area contributed by atoms with E-state index < -0.39 is 17.3 Å². The van der Waals surface area contributed by atoms with Crippen molar-refractivity contribution in [1.29, 1.82) is 0 Å². The van der Waals surface area contributed by atoms with Crippen LogP contribution in [0.25, 0.3) is 22.1 Å². The molecular weight excluding hydrogens is 488 g/mol. The highest BCUT2D eigenvalue weighted by molar-refractivity contribution is 5.94. The summed E-state index contributed by atoms with van der Waals surface area (Å²) in [6, 6.07) is 13.7. The minimum absolute atomic E-state index is 0.0175. The number of carbonyl (C=O) groups is 1. The second kappa shape index (κ2) is 10.1. The van der Waals surface area contributed by atoms with Crippen molar-refractivity contribution in [3.05, 3.63) is 76.1 Å². The number of methoxy groups -OCH3 is 2. The minimum Gasteiger partial charge on any atom is -0.507 e. The number of hydrogen-bond donors (Lipinski definition) is 1. The number of fused-ring (bicyclic) bond motifs is 3. The number of hydrogen-bond acceptors (Lipinski definition) is 8. The average molecular weight is 517 g/mol. The number of aromatic hydroxyl groups is 1. The van der Waals surface area contributed by atoms with Crippen molar-refractivity contribution in [2.24, 2.45) is 5.92 Å². The molecule has 1 aromatic heterocycles. The molecule has 1 aliphatic rings. The Morgan fingerprint density at radius 1 is 1.00 bits per heavy atom. The Morgan fingerprint density at radius 2 is 1.76 bits per heavy atom. The summed E-state index contributed by atoms with van der Waals surface area (Å²) < 4.78 is 28.1. The van der Waals surface area contributed by atoms with Crippen molar-refractivity contribution < 1.29 is 33.3 Å². The predicted octanol–water partition coefficient (Wildman–Crippen LogP) is 5.66. The third-order valence-corrected chi connectivity index (χ3v) is 6.53. The first-order valence-corrected chi connectivity index (χ1v) is 12.3. The molecule has 0 radical (unpaired) electrons. The molecule has 8 nitrogen and oxygen atoms in total. The van der Waals surface area contributed by atoms with Crippen LogP contribution in [-0.4, -0.2) is 31.9 Å². The van der Waals surface area contributed by atoms with Gasteiger partial charge in [-0.25, -0.2) is 0 Å². The van der Waals surface area contributed by atoms with Gasteiger partial charge in [0.1, 0.15) is 34.5 Å². The van der Waals surface area contributed by atoms with Crippen molar-refractivity contribution >= 4 is 16.9 Å². The highest BCUT2D eigenvalue weighted by Gasteiger charge is 2.34. The first kappa shape index (κ1) is 25.2. The summed E-state index contributed by atoms with van der Waals surface area (Å²) in [6.45, 7) is 4.64. The van der Waals surface area contributed by atoms with Gasteiger partial charge in [0.2, 0.25) is 5.43 Å². The van der Waals surface area contributed by atoms with E-state index in [-0.39, 0.29) is 34.5 Å². The fourth-order valence-electron chi connectivity index (χ4n) is 4.66. The van der Waals surface area contributed by atoms with Gasteiger partial charge in [-0.15, -0.1) is 0 Å². The third kappa shape index (κ3) is 4.53. The van der Waals surface area contributed by atoms with Crippen molar-refractivity contribution in [1.82, 2.24) is 0 Å². The van der Waals surface area contributed by atoms with Gasteiger partial charge in [0.15, 0.2) is 11.5 Å². The molecule has 0 aliphatic carbocycles. The number of esters is 1. The summed E-state index contributed by atoms with van der Waals surface area (Å²) in [5.74, 6) is 0.961. The molecule has 8 heteroatoms. The van der Waals surface area contributed by atoms with Gasteiger partial charge in [-0.2, -0.15) is 0 Å². The zero-order valence-electron chi connectivity index (χ0n) is 21.6. The summed E-state index contributed by atoms with van der Waals surface area (Å²) in [7, 11) is 3.11. The molecule has 2 heterocycles. The highest BCUT2D eigenvalue weighted by atomic mass is 16.5. The van der Waals surface area contributed by atoms with Gasteiger partial charge in [0.25, 0.3) is 0 Å². The van der Waals surface area contributed by atoms with E-state index >= 15 is 0 Å². The maximum Gasteiger partial charge on any atom is 0.312 e. The molecule has 196 valence electrons. The summed E-state index contributed by atoms with van der Waals surface area (Å²) in [5.41, 5.74) is 1.93. The van der Waals surface area contributed by atoms with Crippen LogP contribution in [0.5, 0.6) is 28.7 Å². The number of ether oxygens (including phenoxy) is 4. The van der Waals surface area contributed by atoms with Crippen LogP contribution in [0.4, 0.5) is 0 Å². The highest BCUT2D eigenvalue weighted by Crippen LogP contribution is 2.46. The number of phenolic OH excluding ortho intramolecular Hbond substituents is 1. The molecule has 38 heavy (non-hydrogen) atoms. The molecule has 1 N–H and O–H groups in total. The van der Waals surface area contributed by atoms with Gasteiger partial charge < -0.3 is 28.5 Å². The smallest absolute Gasteiger partial charge is 0.312 e. The number of rotatable bonds is 7.